The van der Waals surface area contributed by atoms with Crippen molar-refractivity contribution >= 4 is 11.9 Å². The van der Waals surface area contributed by atoms with Crippen molar-refractivity contribution in [2.75, 3.05) is 20.8 Å². The van der Waals surface area contributed by atoms with Crippen LogP contribution >= 0.6 is 0 Å². The maximum Gasteiger partial charge on any atom is 0.347 e. The van der Waals surface area contributed by atoms with Gasteiger partial charge >= 0.3 is 5.97 Å². The maximum atomic E-state index is 11.0. The first-order chi connectivity index (χ1) is 8.99. The standard InChI is InChI=1S/C12H15NO6/c1-17-6-10(12(15)16)19-8-4-3-7(11(13)14)5-9(8)18-2/h3-5,10H,6H2,1-2H3,(H2,13,14)(H,15,16). The average Bonchev–Trinajstić information content (AvgIpc) is 2.38. The molecule has 0 aromatic heterocycles. The first-order valence-corrected chi connectivity index (χ1v) is 5.35. The lowest BCUT2D eigenvalue weighted by atomic mass is 10.2. The molecule has 0 aliphatic carbocycles. The Labute approximate surface area is 109 Å². The molecular weight excluding hydrogens is 254 g/mol. The molecule has 1 amide bonds. The summed E-state index contributed by atoms with van der Waals surface area (Å²) in [4.78, 5) is 22.0. The molecule has 0 bridgehead atoms. The van der Waals surface area contributed by atoms with E-state index in [1.165, 1.54) is 32.4 Å². The van der Waals surface area contributed by atoms with E-state index >= 15 is 0 Å². The second-order valence-electron chi connectivity index (χ2n) is 3.63. The predicted octanol–water partition coefficient (Wildman–Crippen LogP) is 0.272. The number of ether oxygens (including phenoxy) is 3. The van der Waals surface area contributed by atoms with Gasteiger partial charge in [-0.05, 0) is 18.2 Å². The first-order valence-electron chi connectivity index (χ1n) is 5.35. The minimum atomic E-state index is -1.17. The van der Waals surface area contributed by atoms with Gasteiger partial charge in [-0.15, -0.1) is 0 Å². The van der Waals surface area contributed by atoms with Crippen LogP contribution < -0.4 is 15.2 Å². The van der Waals surface area contributed by atoms with Gasteiger partial charge in [0.2, 0.25) is 12.0 Å². The van der Waals surface area contributed by atoms with E-state index in [9.17, 15) is 9.59 Å². The van der Waals surface area contributed by atoms with Crippen molar-refractivity contribution in [3.05, 3.63) is 23.8 Å². The van der Waals surface area contributed by atoms with Crippen LogP contribution in [0.5, 0.6) is 11.5 Å². The summed E-state index contributed by atoms with van der Waals surface area (Å²) in [5.41, 5.74) is 5.37. The molecule has 1 unspecified atom stereocenters. The number of carboxylic acid groups (broad SMARTS) is 1. The molecule has 1 atom stereocenters. The predicted molar refractivity (Wildman–Crippen MR) is 65.4 cm³/mol. The van der Waals surface area contributed by atoms with Crippen molar-refractivity contribution in [3.8, 4) is 11.5 Å². The number of aliphatic carboxylic acids is 1. The Kier molecular flexibility index (Phi) is 5.13. The van der Waals surface area contributed by atoms with Crippen LogP contribution in [0.1, 0.15) is 10.4 Å². The molecular formula is C12H15NO6. The number of primary amides is 1. The number of benzene rings is 1. The molecule has 1 rings (SSSR count). The number of rotatable bonds is 7. The molecule has 0 spiro atoms. The number of carboxylic acids is 1. The summed E-state index contributed by atoms with van der Waals surface area (Å²) in [5, 5.41) is 8.95. The van der Waals surface area contributed by atoms with Crippen LogP contribution in [-0.4, -0.2) is 43.9 Å². The van der Waals surface area contributed by atoms with Gasteiger partial charge in [-0.2, -0.15) is 0 Å². The molecule has 0 aliphatic heterocycles. The third-order valence-electron chi connectivity index (χ3n) is 2.31. The summed E-state index contributed by atoms with van der Waals surface area (Å²) < 4.78 is 15.1. The Morgan fingerprint density at radius 1 is 1.32 bits per heavy atom. The number of amides is 1. The molecule has 7 heteroatoms. The van der Waals surface area contributed by atoms with Crippen molar-refractivity contribution in [3.63, 3.8) is 0 Å². The fourth-order valence-electron chi connectivity index (χ4n) is 1.38. The highest BCUT2D eigenvalue weighted by Crippen LogP contribution is 2.29. The van der Waals surface area contributed by atoms with Crippen LogP contribution in [0.4, 0.5) is 0 Å². The second kappa shape index (κ2) is 6.60. The van der Waals surface area contributed by atoms with Gasteiger partial charge in [-0.3, -0.25) is 4.79 Å². The Morgan fingerprint density at radius 3 is 2.47 bits per heavy atom. The fraction of sp³-hybridized carbons (Fsp3) is 0.333. The first kappa shape index (κ1) is 14.8. The molecule has 0 radical (unpaired) electrons. The quantitative estimate of drug-likeness (QED) is 0.735. The number of methoxy groups -OCH3 is 2. The van der Waals surface area contributed by atoms with E-state index < -0.39 is 18.0 Å². The molecule has 0 saturated carbocycles. The van der Waals surface area contributed by atoms with Crippen molar-refractivity contribution in [1.29, 1.82) is 0 Å². The van der Waals surface area contributed by atoms with E-state index in [2.05, 4.69) is 0 Å². The monoisotopic (exact) mass is 269 g/mol. The van der Waals surface area contributed by atoms with Gasteiger partial charge < -0.3 is 25.1 Å². The molecule has 19 heavy (non-hydrogen) atoms. The Hall–Kier alpha value is -2.28. The zero-order valence-corrected chi connectivity index (χ0v) is 10.6. The highest BCUT2D eigenvalue weighted by molar-refractivity contribution is 5.93. The number of hydrogen-bond acceptors (Lipinski definition) is 5. The largest absolute Gasteiger partial charge is 0.493 e. The summed E-state index contributed by atoms with van der Waals surface area (Å²) in [6.45, 7) is -0.115. The number of carbonyl (C=O) groups is 2. The van der Waals surface area contributed by atoms with Gasteiger partial charge in [0.25, 0.3) is 0 Å². The van der Waals surface area contributed by atoms with Crippen LogP contribution in [0.3, 0.4) is 0 Å². The summed E-state index contributed by atoms with van der Waals surface area (Å²) in [6, 6.07) is 4.22. The molecule has 0 heterocycles. The minimum Gasteiger partial charge on any atom is -0.493 e. The Balaban J connectivity index is 2.99. The molecule has 0 fully saturated rings. The van der Waals surface area contributed by atoms with E-state index in [1.54, 1.807) is 0 Å². The lowest BCUT2D eigenvalue weighted by Gasteiger charge is -2.16. The lowest BCUT2D eigenvalue weighted by molar-refractivity contribution is -0.147. The molecule has 3 N–H and O–H groups in total. The van der Waals surface area contributed by atoms with Crippen molar-refractivity contribution in [2.45, 2.75) is 6.10 Å². The van der Waals surface area contributed by atoms with Crippen LogP contribution in [0.2, 0.25) is 0 Å². The average molecular weight is 269 g/mol. The van der Waals surface area contributed by atoms with Gasteiger partial charge in [0.15, 0.2) is 11.5 Å². The van der Waals surface area contributed by atoms with Gasteiger partial charge in [-0.25, -0.2) is 4.79 Å². The minimum absolute atomic E-state index is 0.115. The molecule has 104 valence electrons. The topological polar surface area (TPSA) is 108 Å². The normalized spacial score (nSPS) is 11.7. The van der Waals surface area contributed by atoms with Crippen LogP contribution in [0.15, 0.2) is 18.2 Å². The zero-order chi connectivity index (χ0) is 14.4. The van der Waals surface area contributed by atoms with Gasteiger partial charge in [0, 0.05) is 12.7 Å². The fourth-order valence-corrected chi connectivity index (χ4v) is 1.38. The smallest absolute Gasteiger partial charge is 0.347 e. The molecule has 1 aromatic carbocycles. The summed E-state index contributed by atoms with van der Waals surface area (Å²) in [5.74, 6) is -1.37. The van der Waals surface area contributed by atoms with E-state index in [0.29, 0.717) is 0 Å². The summed E-state index contributed by atoms with van der Waals surface area (Å²) in [7, 11) is 2.74. The molecule has 7 nitrogen and oxygen atoms in total. The Morgan fingerprint density at radius 2 is 2.00 bits per heavy atom. The third kappa shape index (κ3) is 3.85. The zero-order valence-electron chi connectivity index (χ0n) is 10.6. The van der Waals surface area contributed by atoms with Crippen molar-refractivity contribution in [2.24, 2.45) is 5.73 Å². The SMILES string of the molecule is COCC(Oc1ccc(C(N)=O)cc1OC)C(=O)O. The van der Waals surface area contributed by atoms with Gasteiger partial charge in [-0.1, -0.05) is 0 Å². The van der Waals surface area contributed by atoms with Gasteiger partial charge in [0.1, 0.15) is 0 Å². The number of carbonyl (C=O) groups excluding carboxylic acids is 1. The highest BCUT2D eigenvalue weighted by Gasteiger charge is 2.21. The van der Waals surface area contributed by atoms with E-state index in [0.717, 1.165) is 0 Å². The summed E-state index contributed by atoms with van der Waals surface area (Å²) in [6.07, 6.45) is -1.17. The lowest BCUT2D eigenvalue weighted by Crippen LogP contribution is -2.31. The maximum absolute atomic E-state index is 11.0. The summed E-state index contributed by atoms with van der Waals surface area (Å²) >= 11 is 0. The third-order valence-corrected chi connectivity index (χ3v) is 2.31. The number of nitrogens with two attached hydrogens (primary N) is 1. The molecule has 0 aliphatic rings. The van der Waals surface area contributed by atoms with E-state index in [-0.39, 0.29) is 23.7 Å². The van der Waals surface area contributed by atoms with E-state index in [1.807, 2.05) is 0 Å². The van der Waals surface area contributed by atoms with Crippen LogP contribution in [0, 0.1) is 0 Å². The second-order valence-corrected chi connectivity index (χ2v) is 3.63. The molecule has 1 aromatic rings. The molecule has 0 saturated heterocycles. The van der Waals surface area contributed by atoms with Gasteiger partial charge in [0.05, 0.1) is 13.7 Å². The highest BCUT2D eigenvalue weighted by atomic mass is 16.6. The Bertz CT molecular complexity index is 473. The van der Waals surface area contributed by atoms with Crippen molar-refractivity contribution < 1.29 is 28.9 Å². The van der Waals surface area contributed by atoms with Crippen LogP contribution in [0.25, 0.3) is 0 Å². The van der Waals surface area contributed by atoms with E-state index in [4.69, 9.17) is 25.1 Å². The van der Waals surface area contributed by atoms with Crippen molar-refractivity contribution in [1.82, 2.24) is 0 Å². The number of hydrogen-bond donors (Lipinski definition) is 2. The van der Waals surface area contributed by atoms with Crippen LogP contribution in [-0.2, 0) is 9.53 Å².